The second-order valence-electron chi connectivity index (χ2n) is 9.86. The van der Waals surface area contributed by atoms with Crippen molar-refractivity contribution in [2.45, 2.75) is 32.4 Å². The number of carbonyl (C=O) groups is 1. The van der Waals surface area contributed by atoms with Gasteiger partial charge in [0.2, 0.25) is 0 Å². The van der Waals surface area contributed by atoms with Crippen LogP contribution < -0.4 is 5.32 Å². The first-order valence-electron chi connectivity index (χ1n) is 12.4. The van der Waals surface area contributed by atoms with Gasteiger partial charge >= 0.3 is 0 Å². The van der Waals surface area contributed by atoms with Gasteiger partial charge in [0.1, 0.15) is 17.2 Å². The zero-order valence-electron chi connectivity index (χ0n) is 21.0. The van der Waals surface area contributed by atoms with Gasteiger partial charge in [-0.15, -0.1) is 0 Å². The molecule has 0 spiro atoms. The van der Waals surface area contributed by atoms with Crippen LogP contribution in [0.15, 0.2) is 78.8 Å². The maximum atomic E-state index is 13.9. The summed E-state index contributed by atoms with van der Waals surface area (Å²) in [5.74, 6) is -0.257. The van der Waals surface area contributed by atoms with Crippen molar-refractivity contribution in [1.82, 2.24) is 9.88 Å². The first kappa shape index (κ1) is 24.9. The zero-order valence-corrected chi connectivity index (χ0v) is 21.0. The van der Waals surface area contributed by atoms with Crippen molar-refractivity contribution in [3.63, 3.8) is 0 Å². The van der Waals surface area contributed by atoms with Crippen molar-refractivity contribution in [1.29, 1.82) is 0 Å². The number of carbonyl (C=O) groups excluding carboxylic acids is 1. The van der Waals surface area contributed by atoms with E-state index in [-0.39, 0.29) is 12.5 Å². The summed E-state index contributed by atoms with van der Waals surface area (Å²) in [7, 11) is 0. The molecular formula is C30H30FN3O3. The number of aromatic nitrogens is 1. The van der Waals surface area contributed by atoms with Crippen molar-refractivity contribution in [2.75, 3.05) is 25.0 Å². The van der Waals surface area contributed by atoms with E-state index in [9.17, 15) is 14.3 Å². The monoisotopic (exact) mass is 499 g/mol. The first-order valence-corrected chi connectivity index (χ1v) is 12.4. The third-order valence-corrected chi connectivity index (χ3v) is 6.82. The fourth-order valence-electron chi connectivity index (χ4n) is 4.90. The predicted molar refractivity (Wildman–Crippen MR) is 142 cm³/mol. The molecule has 5 rings (SSSR count). The van der Waals surface area contributed by atoms with Gasteiger partial charge in [-0.25, -0.2) is 4.39 Å². The molecule has 2 aliphatic heterocycles. The highest BCUT2D eigenvalue weighted by molar-refractivity contribution is 6.32. The molecule has 37 heavy (non-hydrogen) atoms. The fraction of sp³-hybridized carbons (Fsp3) is 0.267. The number of nitrogens with one attached hydrogen (secondary N) is 1. The highest BCUT2D eigenvalue weighted by Crippen LogP contribution is 2.44. The highest BCUT2D eigenvalue weighted by Gasteiger charge is 2.38. The van der Waals surface area contributed by atoms with Gasteiger partial charge in [0.05, 0.1) is 12.2 Å². The van der Waals surface area contributed by atoms with E-state index >= 15 is 0 Å². The number of pyridine rings is 1. The number of rotatable bonds is 8. The first-order chi connectivity index (χ1) is 17.8. The number of hydrogen-bond donors (Lipinski definition) is 2. The smallest absolute Gasteiger partial charge is 0.260 e. The summed E-state index contributed by atoms with van der Waals surface area (Å²) in [5, 5.41) is 12.3. The van der Waals surface area contributed by atoms with E-state index in [4.69, 9.17) is 4.74 Å². The van der Waals surface area contributed by atoms with E-state index in [2.05, 4.69) is 39.5 Å². The van der Waals surface area contributed by atoms with Crippen molar-refractivity contribution in [3.8, 4) is 0 Å². The van der Waals surface area contributed by atoms with Crippen molar-refractivity contribution in [2.24, 2.45) is 0 Å². The number of benzene rings is 2. The number of nitrogens with zero attached hydrogens (tertiary/aromatic N) is 2. The molecule has 2 aliphatic rings. The topological polar surface area (TPSA) is 74.7 Å². The molecule has 1 amide bonds. The van der Waals surface area contributed by atoms with Crippen LogP contribution in [0.1, 0.15) is 36.1 Å². The SMILES string of the molecule is CC1(C)OC(=C2C(=O)Nc3ccc(F)cc32)C=C1c1ccc(CN(CCO)CCc2ccncc2)cc1. The van der Waals surface area contributed by atoms with Crippen LogP contribution in [0.4, 0.5) is 10.1 Å². The summed E-state index contributed by atoms with van der Waals surface area (Å²) in [6, 6.07) is 16.6. The van der Waals surface area contributed by atoms with E-state index in [1.807, 2.05) is 32.1 Å². The van der Waals surface area contributed by atoms with Gasteiger partial charge in [-0.05, 0) is 73.4 Å². The third-order valence-electron chi connectivity index (χ3n) is 6.82. The molecule has 0 aliphatic carbocycles. The lowest BCUT2D eigenvalue weighted by atomic mass is 9.91. The Morgan fingerprint density at radius 2 is 1.78 bits per heavy atom. The molecule has 3 heterocycles. The molecule has 7 heteroatoms. The van der Waals surface area contributed by atoms with Crippen LogP contribution in [-0.2, 0) is 22.5 Å². The van der Waals surface area contributed by atoms with Gasteiger partial charge in [0.15, 0.2) is 0 Å². The number of aliphatic hydroxyl groups is 1. The largest absolute Gasteiger partial charge is 0.482 e. The van der Waals surface area contributed by atoms with E-state index in [0.717, 1.165) is 36.2 Å². The lowest BCUT2D eigenvalue weighted by Crippen LogP contribution is -2.28. The predicted octanol–water partition coefficient (Wildman–Crippen LogP) is 4.81. The molecule has 0 unspecified atom stereocenters. The summed E-state index contributed by atoms with van der Waals surface area (Å²) in [6.07, 6.45) is 6.36. The van der Waals surface area contributed by atoms with Gasteiger partial charge < -0.3 is 15.2 Å². The number of halogens is 1. The summed E-state index contributed by atoms with van der Waals surface area (Å²) in [6.45, 7) is 6.18. The summed E-state index contributed by atoms with van der Waals surface area (Å²) >= 11 is 0. The van der Waals surface area contributed by atoms with Crippen molar-refractivity contribution < 1.29 is 19.0 Å². The Bertz CT molecular complexity index is 1360. The second kappa shape index (κ2) is 10.3. The molecule has 0 atom stereocenters. The van der Waals surface area contributed by atoms with Gasteiger partial charge in [0, 0.05) is 48.9 Å². The number of fused-ring (bicyclic) bond motifs is 1. The molecule has 0 bridgehead atoms. The molecule has 2 aromatic carbocycles. The standard InChI is InChI=1S/C30H30FN3O3/c1-30(2)25(18-27(37-30)28-24-17-23(31)7-8-26(24)33-29(28)36)22-5-3-21(4-6-22)19-34(15-16-35)14-11-20-9-12-32-13-10-20/h3-10,12-13,17-18,35H,11,14-16,19H2,1-2H3,(H,33,36). The normalized spacial score (nSPS) is 18.0. The van der Waals surface area contributed by atoms with Crippen LogP contribution in [0.25, 0.3) is 11.1 Å². The summed E-state index contributed by atoms with van der Waals surface area (Å²) < 4.78 is 20.1. The van der Waals surface area contributed by atoms with Gasteiger partial charge in [-0.1, -0.05) is 24.3 Å². The molecule has 2 N–H and O–H groups in total. The minimum atomic E-state index is -0.659. The average Bonchev–Trinajstić information content (AvgIpc) is 3.37. The third kappa shape index (κ3) is 5.33. The van der Waals surface area contributed by atoms with E-state index < -0.39 is 11.4 Å². The number of amides is 1. The van der Waals surface area contributed by atoms with E-state index in [0.29, 0.717) is 29.1 Å². The van der Waals surface area contributed by atoms with Crippen LogP contribution in [0, 0.1) is 5.82 Å². The molecule has 3 aromatic rings. The van der Waals surface area contributed by atoms with Crippen molar-refractivity contribution in [3.05, 3.63) is 107 Å². The van der Waals surface area contributed by atoms with E-state index in [1.54, 1.807) is 18.5 Å². The Morgan fingerprint density at radius 1 is 1.03 bits per heavy atom. The van der Waals surface area contributed by atoms with Crippen molar-refractivity contribution >= 4 is 22.7 Å². The Morgan fingerprint density at radius 3 is 2.51 bits per heavy atom. The molecule has 6 nitrogen and oxygen atoms in total. The summed E-state index contributed by atoms with van der Waals surface area (Å²) in [5.41, 5.74) is 5.09. The second-order valence-corrected chi connectivity index (χ2v) is 9.86. The number of allylic oxidation sites excluding steroid dienone is 1. The Balaban J connectivity index is 1.36. The molecular weight excluding hydrogens is 469 g/mol. The lowest BCUT2D eigenvalue weighted by Gasteiger charge is -2.24. The highest BCUT2D eigenvalue weighted by atomic mass is 19.1. The van der Waals surface area contributed by atoms with Crippen LogP contribution in [0.5, 0.6) is 0 Å². The van der Waals surface area contributed by atoms with Crippen LogP contribution in [-0.4, -0.2) is 46.2 Å². The lowest BCUT2D eigenvalue weighted by molar-refractivity contribution is -0.111. The number of ether oxygens (including phenoxy) is 1. The summed E-state index contributed by atoms with van der Waals surface area (Å²) in [4.78, 5) is 19.0. The molecule has 1 aromatic heterocycles. The zero-order chi connectivity index (χ0) is 26.0. The van der Waals surface area contributed by atoms with Crippen LogP contribution in [0.3, 0.4) is 0 Å². The minimum absolute atomic E-state index is 0.102. The fourth-order valence-corrected chi connectivity index (χ4v) is 4.90. The molecule has 0 saturated carbocycles. The maximum Gasteiger partial charge on any atom is 0.260 e. The number of anilines is 1. The molecule has 0 fully saturated rings. The number of hydrogen-bond acceptors (Lipinski definition) is 5. The van der Waals surface area contributed by atoms with E-state index in [1.165, 1.54) is 17.7 Å². The quantitative estimate of drug-likeness (QED) is 0.435. The van der Waals surface area contributed by atoms with Gasteiger partial charge in [0.25, 0.3) is 5.91 Å². The Kier molecular flexibility index (Phi) is 6.91. The maximum absolute atomic E-state index is 13.9. The number of aliphatic hydroxyl groups excluding tert-OH is 1. The molecule has 0 radical (unpaired) electrons. The van der Waals surface area contributed by atoms with Gasteiger partial charge in [-0.2, -0.15) is 0 Å². The minimum Gasteiger partial charge on any atom is -0.482 e. The Hall–Kier alpha value is -3.81. The average molecular weight is 500 g/mol. The molecule has 190 valence electrons. The Labute approximate surface area is 216 Å². The molecule has 0 saturated heterocycles. The van der Waals surface area contributed by atoms with Crippen LogP contribution in [0.2, 0.25) is 0 Å². The van der Waals surface area contributed by atoms with Gasteiger partial charge in [-0.3, -0.25) is 14.7 Å². The van der Waals surface area contributed by atoms with Crippen LogP contribution >= 0.6 is 0 Å².